The fraction of sp³-hybridized carbons (Fsp3) is 0.111. The minimum atomic E-state index is -0.500. The summed E-state index contributed by atoms with van der Waals surface area (Å²) in [6.07, 6.45) is 0.900. The van der Waals surface area contributed by atoms with Crippen molar-refractivity contribution in [3.8, 4) is 0 Å². The zero-order chi connectivity index (χ0) is 10.4. The maximum atomic E-state index is 10.1. The molecule has 0 amide bonds. The van der Waals surface area contributed by atoms with E-state index in [0.29, 0.717) is 9.99 Å². The SMILES string of the molecule is O=[N+]([O-])/C=C(\S)SCc1ccccc1. The summed E-state index contributed by atoms with van der Waals surface area (Å²) in [5.41, 5.74) is 1.13. The molecular weight excluding hydrogens is 218 g/mol. The minimum absolute atomic E-state index is 0.416. The van der Waals surface area contributed by atoms with Crippen LogP contribution < -0.4 is 0 Å². The van der Waals surface area contributed by atoms with Gasteiger partial charge in [0.25, 0.3) is 6.20 Å². The molecule has 1 aromatic carbocycles. The van der Waals surface area contributed by atoms with Crippen LogP contribution in [-0.4, -0.2) is 4.92 Å². The smallest absolute Gasteiger partial charge is 0.254 e. The second-order valence-electron chi connectivity index (χ2n) is 2.53. The second-order valence-corrected chi connectivity index (χ2v) is 4.33. The molecule has 0 spiro atoms. The Kier molecular flexibility index (Phi) is 4.55. The maximum absolute atomic E-state index is 10.1. The van der Waals surface area contributed by atoms with Gasteiger partial charge in [0.05, 0.1) is 4.92 Å². The molecule has 0 saturated carbocycles. The molecule has 1 aromatic rings. The molecule has 0 heterocycles. The first-order chi connectivity index (χ1) is 6.68. The number of thiol groups is 1. The number of benzene rings is 1. The first-order valence-corrected chi connectivity index (χ1v) is 5.33. The highest BCUT2D eigenvalue weighted by Crippen LogP contribution is 2.23. The molecular formula is C9H9NO2S2. The number of hydrogen-bond acceptors (Lipinski definition) is 4. The van der Waals surface area contributed by atoms with Crippen molar-refractivity contribution in [3.05, 3.63) is 56.4 Å². The molecule has 14 heavy (non-hydrogen) atoms. The fourth-order valence-corrected chi connectivity index (χ4v) is 1.81. The largest absolute Gasteiger partial charge is 0.259 e. The summed E-state index contributed by atoms with van der Waals surface area (Å²) in [5, 5.41) is 10.1. The van der Waals surface area contributed by atoms with E-state index in [1.807, 2.05) is 30.3 Å². The third-order valence-electron chi connectivity index (χ3n) is 1.45. The van der Waals surface area contributed by atoms with Crippen molar-refractivity contribution in [3.63, 3.8) is 0 Å². The van der Waals surface area contributed by atoms with Crippen LogP contribution in [0.1, 0.15) is 5.56 Å². The third-order valence-corrected chi connectivity index (χ3v) is 2.83. The van der Waals surface area contributed by atoms with Gasteiger partial charge in [0.15, 0.2) is 0 Å². The van der Waals surface area contributed by atoms with Gasteiger partial charge in [0.1, 0.15) is 4.24 Å². The van der Waals surface area contributed by atoms with Crippen LogP contribution in [0.25, 0.3) is 0 Å². The summed E-state index contributed by atoms with van der Waals surface area (Å²) >= 11 is 5.32. The zero-order valence-corrected chi connectivity index (χ0v) is 9.00. The molecule has 0 aromatic heterocycles. The van der Waals surface area contributed by atoms with Crippen molar-refractivity contribution in [2.45, 2.75) is 5.75 Å². The molecule has 0 radical (unpaired) electrons. The van der Waals surface area contributed by atoms with Gasteiger partial charge in [-0.3, -0.25) is 10.1 Å². The first-order valence-electron chi connectivity index (χ1n) is 3.89. The molecule has 0 fully saturated rings. The predicted molar refractivity (Wildman–Crippen MR) is 61.8 cm³/mol. The second kappa shape index (κ2) is 5.72. The number of thioether (sulfide) groups is 1. The lowest BCUT2D eigenvalue weighted by atomic mass is 10.2. The van der Waals surface area contributed by atoms with Gasteiger partial charge >= 0.3 is 0 Å². The van der Waals surface area contributed by atoms with Crippen molar-refractivity contribution in [2.24, 2.45) is 0 Å². The highest BCUT2D eigenvalue weighted by atomic mass is 32.2. The van der Waals surface area contributed by atoms with Crippen molar-refractivity contribution >= 4 is 24.4 Å². The molecule has 3 nitrogen and oxygen atoms in total. The van der Waals surface area contributed by atoms with Crippen LogP contribution in [0.2, 0.25) is 0 Å². The van der Waals surface area contributed by atoms with E-state index in [1.54, 1.807) is 0 Å². The van der Waals surface area contributed by atoms with Crippen LogP contribution in [0.15, 0.2) is 40.8 Å². The molecule has 0 atom stereocenters. The van der Waals surface area contributed by atoms with E-state index in [4.69, 9.17) is 0 Å². The summed E-state index contributed by atoms with van der Waals surface area (Å²) in [6, 6.07) is 9.75. The van der Waals surface area contributed by atoms with Gasteiger partial charge in [-0.05, 0) is 5.56 Å². The Labute approximate surface area is 91.8 Å². The number of hydrogen-bond donors (Lipinski definition) is 1. The average Bonchev–Trinajstić information content (AvgIpc) is 2.15. The van der Waals surface area contributed by atoms with Gasteiger partial charge in [-0.15, -0.1) is 24.4 Å². The Morgan fingerprint density at radius 3 is 2.71 bits per heavy atom. The quantitative estimate of drug-likeness (QED) is 0.488. The van der Waals surface area contributed by atoms with Crippen molar-refractivity contribution < 1.29 is 4.92 Å². The van der Waals surface area contributed by atoms with E-state index in [9.17, 15) is 10.1 Å². The highest BCUT2D eigenvalue weighted by molar-refractivity contribution is 8.15. The van der Waals surface area contributed by atoms with Crippen molar-refractivity contribution in [1.82, 2.24) is 0 Å². The van der Waals surface area contributed by atoms with Crippen LogP contribution in [-0.2, 0) is 5.75 Å². The standard InChI is InChI=1S/C9H9NO2S2/c11-10(12)6-9(13)14-7-8-4-2-1-3-5-8/h1-6,13H,7H2/b9-6+. The number of nitrogens with zero attached hydrogens (tertiary/aromatic N) is 1. The average molecular weight is 227 g/mol. The molecule has 0 bridgehead atoms. The Morgan fingerprint density at radius 1 is 1.50 bits per heavy atom. The van der Waals surface area contributed by atoms with Gasteiger partial charge in [0.2, 0.25) is 0 Å². The minimum Gasteiger partial charge on any atom is -0.259 e. The van der Waals surface area contributed by atoms with E-state index < -0.39 is 4.92 Å². The Morgan fingerprint density at radius 2 is 2.14 bits per heavy atom. The Hall–Kier alpha value is -0.940. The lowest BCUT2D eigenvalue weighted by molar-refractivity contribution is -0.402. The predicted octanol–water partition coefficient (Wildman–Crippen LogP) is 2.93. The molecule has 0 unspecified atom stereocenters. The lowest BCUT2D eigenvalue weighted by Crippen LogP contribution is -1.84. The summed E-state index contributed by atoms with van der Waals surface area (Å²) in [6.45, 7) is 0. The topological polar surface area (TPSA) is 43.1 Å². The zero-order valence-electron chi connectivity index (χ0n) is 7.29. The molecule has 0 saturated heterocycles. The maximum Gasteiger partial charge on any atom is 0.254 e. The normalized spacial score (nSPS) is 11.4. The number of nitro groups is 1. The van der Waals surface area contributed by atoms with E-state index in [2.05, 4.69) is 12.6 Å². The van der Waals surface area contributed by atoms with E-state index in [0.717, 1.165) is 11.8 Å². The Bertz CT molecular complexity index is 338. The van der Waals surface area contributed by atoms with E-state index >= 15 is 0 Å². The van der Waals surface area contributed by atoms with Crippen LogP contribution >= 0.6 is 24.4 Å². The van der Waals surface area contributed by atoms with Crippen LogP contribution in [0.3, 0.4) is 0 Å². The molecule has 0 N–H and O–H groups in total. The molecule has 0 aliphatic heterocycles. The monoisotopic (exact) mass is 227 g/mol. The van der Waals surface area contributed by atoms with Gasteiger partial charge in [-0.25, -0.2) is 0 Å². The first kappa shape index (κ1) is 11.1. The van der Waals surface area contributed by atoms with E-state index in [1.165, 1.54) is 11.8 Å². The fourth-order valence-electron chi connectivity index (χ4n) is 0.859. The van der Waals surface area contributed by atoms with Crippen molar-refractivity contribution in [1.29, 1.82) is 0 Å². The lowest BCUT2D eigenvalue weighted by Gasteiger charge is -1.98. The third kappa shape index (κ3) is 4.34. The molecule has 5 heteroatoms. The van der Waals surface area contributed by atoms with Gasteiger partial charge in [-0.2, -0.15) is 0 Å². The van der Waals surface area contributed by atoms with Gasteiger partial charge in [0, 0.05) is 5.75 Å². The number of rotatable bonds is 4. The Balaban J connectivity index is 2.45. The molecule has 1 rings (SSSR count). The highest BCUT2D eigenvalue weighted by Gasteiger charge is 1.99. The molecule has 74 valence electrons. The van der Waals surface area contributed by atoms with Gasteiger partial charge < -0.3 is 0 Å². The summed E-state index contributed by atoms with van der Waals surface area (Å²) in [5.74, 6) is 0.698. The van der Waals surface area contributed by atoms with Crippen LogP contribution in [0.4, 0.5) is 0 Å². The molecule has 0 aliphatic carbocycles. The van der Waals surface area contributed by atoms with Crippen LogP contribution in [0.5, 0.6) is 0 Å². The molecule has 0 aliphatic rings. The van der Waals surface area contributed by atoms with Crippen molar-refractivity contribution in [2.75, 3.05) is 0 Å². The summed E-state index contributed by atoms with van der Waals surface area (Å²) < 4.78 is 0.416. The van der Waals surface area contributed by atoms with Crippen LogP contribution in [0, 0.1) is 10.1 Å². The summed E-state index contributed by atoms with van der Waals surface area (Å²) in [4.78, 5) is 9.59. The van der Waals surface area contributed by atoms with E-state index in [-0.39, 0.29) is 0 Å². The summed E-state index contributed by atoms with van der Waals surface area (Å²) in [7, 11) is 0. The van der Waals surface area contributed by atoms with Gasteiger partial charge in [-0.1, -0.05) is 30.3 Å².